The molecule has 3 aromatic rings. The molecule has 0 saturated heterocycles. The van der Waals surface area contributed by atoms with E-state index < -0.39 is 0 Å². The van der Waals surface area contributed by atoms with Crippen LogP contribution in [0, 0.1) is 13.8 Å². The van der Waals surface area contributed by atoms with Crippen molar-refractivity contribution in [3.8, 4) is 5.75 Å². The summed E-state index contributed by atoms with van der Waals surface area (Å²) in [5, 5.41) is 4.50. The summed E-state index contributed by atoms with van der Waals surface area (Å²) in [7, 11) is 1.53. The van der Waals surface area contributed by atoms with E-state index in [1.165, 1.54) is 30.2 Å². The van der Waals surface area contributed by atoms with Crippen molar-refractivity contribution in [2.75, 3.05) is 18.2 Å². The van der Waals surface area contributed by atoms with Gasteiger partial charge in [-0.15, -0.1) is 11.3 Å². The largest absolute Gasteiger partial charge is 0.495 e. The van der Waals surface area contributed by atoms with E-state index in [1.54, 1.807) is 22.8 Å². The highest BCUT2D eigenvalue weighted by Gasteiger charge is 2.17. The summed E-state index contributed by atoms with van der Waals surface area (Å²) in [6.45, 7) is 6.30. The molecular weight excluding hydrogens is 418 g/mol. The molecule has 0 radical (unpaired) electrons. The van der Waals surface area contributed by atoms with E-state index in [9.17, 15) is 9.59 Å². The molecule has 2 heterocycles. The molecule has 2 aromatic heterocycles. The molecule has 1 aromatic carbocycles. The number of nitrogens with zero attached hydrogens (tertiary/aromatic N) is 2. The number of rotatable bonds is 6. The number of aromatic nitrogens is 2. The first-order valence-corrected chi connectivity index (χ1v) is 10.8. The van der Waals surface area contributed by atoms with Gasteiger partial charge >= 0.3 is 0 Å². The Morgan fingerprint density at radius 2 is 2.14 bits per heavy atom. The number of anilines is 1. The Labute approximate surface area is 175 Å². The smallest absolute Gasteiger partial charge is 0.263 e. The van der Waals surface area contributed by atoms with Gasteiger partial charge in [-0.05, 0) is 44.5 Å². The van der Waals surface area contributed by atoms with Crippen LogP contribution in [0.15, 0.2) is 28.2 Å². The second kappa shape index (κ2) is 8.55. The maximum atomic E-state index is 12.9. The summed E-state index contributed by atoms with van der Waals surface area (Å²) >= 11 is 8.73. The predicted octanol–water partition coefficient (Wildman–Crippen LogP) is 4.49. The molecule has 0 bridgehead atoms. The molecule has 0 spiro atoms. The van der Waals surface area contributed by atoms with Gasteiger partial charge in [0.15, 0.2) is 5.16 Å². The summed E-state index contributed by atoms with van der Waals surface area (Å²) in [5.74, 6) is 0.398. The molecular formula is C19H20ClN3O3S2. The van der Waals surface area contributed by atoms with Gasteiger partial charge in [0.25, 0.3) is 5.56 Å². The molecule has 0 aliphatic rings. The highest BCUT2D eigenvalue weighted by atomic mass is 35.5. The van der Waals surface area contributed by atoms with Crippen LogP contribution < -0.4 is 15.6 Å². The number of methoxy groups -OCH3 is 1. The van der Waals surface area contributed by atoms with E-state index >= 15 is 0 Å². The lowest BCUT2D eigenvalue weighted by atomic mass is 10.2. The minimum absolute atomic E-state index is 0.0613. The topological polar surface area (TPSA) is 73.2 Å². The van der Waals surface area contributed by atoms with Crippen LogP contribution in [0.25, 0.3) is 10.2 Å². The summed E-state index contributed by atoms with van der Waals surface area (Å²) in [5.41, 5.74) is 1.41. The van der Waals surface area contributed by atoms with E-state index in [2.05, 4.69) is 10.3 Å². The lowest BCUT2D eigenvalue weighted by Crippen LogP contribution is -2.23. The van der Waals surface area contributed by atoms with Crippen LogP contribution in [0.5, 0.6) is 5.75 Å². The van der Waals surface area contributed by atoms with Gasteiger partial charge in [0.2, 0.25) is 5.91 Å². The second-order valence-electron chi connectivity index (χ2n) is 6.09. The molecule has 0 fully saturated rings. The van der Waals surface area contributed by atoms with Crippen molar-refractivity contribution < 1.29 is 9.53 Å². The number of amides is 1. The van der Waals surface area contributed by atoms with E-state index in [-0.39, 0.29) is 17.2 Å². The first-order chi connectivity index (χ1) is 13.3. The quantitative estimate of drug-likeness (QED) is 0.454. The fourth-order valence-electron chi connectivity index (χ4n) is 2.79. The summed E-state index contributed by atoms with van der Waals surface area (Å²) < 4.78 is 6.85. The average Bonchev–Trinajstić information content (AvgIpc) is 2.94. The molecule has 3 rings (SSSR count). The second-order valence-corrected chi connectivity index (χ2v) is 8.67. The summed E-state index contributed by atoms with van der Waals surface area (Å²) in [6.07, 6.45) is 0. The number of thiophene rings is 1. The van der Waals surface area contributed by atoms with Crippen LogP contribution in [0.3, 0.4) is 0 Å². The lowest BCUT2D eigenvalue weighted by Gasteiger charge is -2.12. The van der Waals surface area contributed by atoms with Gasteiger partial charge in [-0.1, -0.05) is 23.4 Å². The van der Waals surface area contributed by atoms with Gasteiger partial charge in [-0.3, -0.25) is 14.2 Å². The minimum Gasteiger partial charge on any atom is -0.495 e. The third kappa shape index (κ3) is 4.04. The number of nitrogens with one attached hydrogen (secondary N) is 1. The molecule has 6 nitrogen and oxygen atoms in total. The van der Waals surface area contributed by atoms with E-state index in [4.69, 9.17) is 16.3 Å². The molecule has 9 heteroatoms. The molecule has 0 unspecified atom stereocenters. The van der Waals surface area contributed by atoms with E-state index in [1.807, 2.05) is 20.8 Å². The Balaban J connectivity index is 1.83. The highest BCUT2D eigenvalue weighted by molar-refractivity contribution is 7.99. The Morgan fingerprint density at radius 1 is 1.39 bits per heavy atom. The maximum absolute atomic E-state index is 12.9. The highest BCUT2D eigenvalue weighted by Crippen LogP contribution is 2.30. The number of aryl methyl sites for hydroxylation is 2. The molecule has 1 amide bonds. The van der Waals surface area contributed by atoms with Gasteiger partial charge in [-0.2, -0.15) is 0 Å². The van der Waals surface area contributed by atoms with Crippen molar-refractivity contribution >= 4 is 56.5 Å². The molecule has 0 atom stereocenters. The van der Waals surface area contributed by atoms with Crippen molar-refractivity contribution in [2.45, 2.75) is 32.5 Å². The molecule has 1 N–H and O–H groups in total. The van der Waals surface area contributed by atoms with Crippen molar-refractivity contribution in [1.29, 1.82) is 0 Å². The first kappa shape index (κ1) is 20.7. The van der Waals surface area contributed by atoms with Gasteiger partial charge in [0, 0.05) is 16.4 Å². The molecule has 0 aliphatic heterocycles. The zero-order chi connectivity index (χ0) is 20.4. The predicted molar refractivity (Wildman–Crippen MR) is 116 cm³/mol. The maximum Gasteiger partial charge on any atom is 0.263 e. The van der Waals surface area contributed by atoms with Crippen LogP contribution >= 0.6 is 34.7 Å². The van der Waals surface area contributed by atoms with Gasteiger partial charge in [0.05, 0.1) is 23.9 Å². The lowest BCUT2D eigenvalue weighted by molar-refractivity contribution is -0.113. The van der Waals surface area contributed by atoms with E-state index in [0.29, 0.717) is 38.4 Å². The monoisotopic (exact) mass is 437 g/mol. The van der Waals surface area contributed by atoms with E-state index in [0.717, 1.165) is 10.4 Å². The summed E-state index contributed by atoms with van der Waals surface area (Å²) in [6, 6.07) is 5.01. The van der Waals surface area contributed by atoms with Gasteiger partial charge in [-0.25, -0.2) is 4.98 Å². The number of thioether (sulfide) groups is 1. The minimum atomic E-state index is -0.235. The van der Waals surface area contributed by atoms with Crippen LogP contribution in [0.4, 0.5) is 5.69 Å². The molecule has 148 valence electrons. The Hall–Kier alpha value is -2.03. The van der Waals surface area contributed by atoms with Crippen molar-refractivity contribution in [1.82, 2.24) is 9.55 Å². The fraction of sp³-hybridized carbons (Fsp3) is 0.316. The van der Waals surface area contributed by atoms with Gasteiger partial charge in [0.1, 0.15) is 10.6 Å². The Bertz CT molecular complexity index is 1110. The molecule has 28 heavy (non-hydrogen) atoms. The number of carbonyl (C=O) groups is 1. The summed E-state index contributed by atoms with van der Waals surface area (Å²) in [4.78, 5) is 31.7. The third-order valence-corrected chi connectivity index (χ3v) is 6.65. The number of halogens is 1. The normalized spacial score (nSPS) is 11.0. The fourth-order valence-corrected chi connectivity index (χ4v) is 4.90. The first-order valence-electron chi connectivity index (χ1n) is 8.62. The number of hydrogen-bond acceptors (Lipinski definition) is 6. The SMILES string of the molecule is CCn1c(SCC(=O)Nc2cc(Cl)ccc2OC)nc2sc(C)c(C)c2c1=O. The molecule has 0 aliphatic carbocycles. The Morgan fingerprint density at radius 3 is 2.82 bits per heavy atom. The molecule has 0 saturated carbocycles. The average molecular weight is 438 g/mol. The van der Waals surface area contributed by atoms with Crippen molar-refractivity contribution in [3.63, 3.8) is 0 Å². The van der Waals surface area contributed by atoms with Crippen LogP contribution in [-0.2, 0) is 11.3 Å². The zero-order valence-corrected chi connectivity index (χ0v) is 18.3. The number of ether oxygens (including phenoxy) is 1. The van der Waals surface area contributed by atoms with Crippen molar-refractivity contribution in [2.24, 2.45) is 0 Å². The van der Waals surface area contributed by atoms with Gasteiger partial charge < -0.3 is 10.1 Å². The number of fused-ring (bicyclic) bond motifs is 1. The van der Waals surface area contributed by atoms with Crippen LogP contribution in [0.1, 0.15) is 17.4 Å². The zero-order valence-electron chi connectivity index (χ0n) is 16.0. The number of carbonyl (C=O) groups excluding carboxylic acids is 1. The Kier molecular flexibility index (Phi) is 6.32. The third-order valence-electron chi connectivity index (χ3n) is 4.34. The standard InChI is InChI=1S/C19H20ClN3O3S2/c1-5-23-18(25)16-10(2)11(3)28-17(16)22-19(23)27-9-15(24)21-13-8-12(20)6-7-14(13)26-4/h6-8H,5,9H2,1-4H3,(H,21,24). The van der Waals surface area contributed by atoms with Crippen molar-refractivity contribution in [3.05, 3.63) is 44.0 Å². The number of hydrogen-bond donors (Lipinski definition) is 1. The van der Waals surface area contributed by atoms with Crippen LogP contribution in [-0.4, -0.2) is 28.3 Å². The van der Waals surface area contributed by atoms with Crippen LogP contribution in [0.2, 0.25) is 5.02 Å². The number of benzene rings is 1.